The molecule has 0 aliphatic carbocycles. The third kappa shape index (κ3) is 5.91. The summed E-state index contributed by atoms with van der Waals surface area (Å²) in [5.74, 6) is 6.30. The zero-order chi connectivity index (χ0) is 15.6. The predicted molar refractivity (Wildman–Crippen MR) is 89.5 cm³/mol. The van der Waals surface area contributed by atoms with Crippen molar-refractivity contribution in [3.05, 3.63) is 29.8 Å². The lowest BCUT2D eigenvalue weighted by atomic mass is 10.1. The lowest BCUT2D eigenvalue weighted by Crippen LogP contribution is -2.37. The Labute approximate surface area is 132 Å². The monoisotopic (exact) mass is 305 g/mol. The molecule has 22 heavy (non-hydrogen) atoms. The number of guanidine groups is 1. The van der Waals surface area contributed by atoms with Crippen molar-refractivity contribution in [2.75, 3.05) is 26.2 Å². The van der Waals surface area contributed by atoms with E-state index >= 15 is 0 Å². The van der Waals surface area contributed by atoms with E-state index in [0.29, 0.717) is 13.2 Å². The van der Waals surface area contributed by atoms with E-state index in [1.807, 2.05) is 6.07 Å². The summed E-state index contributed by atoms with van der Waals surface area (Å²) < 4.78 is 5.77. The van der Waals surface area contributed by atoms with E-state index in [1.165, 1.54) is 37.9 Å². The van der Waals surface area contributed by atoms with E-state index in [2.05, 4.69) is 33.5 Å². The Kier molecular flexibility index (Phi) is 6.99. The normalized spacial score (nSPS) is 16.5. The van der Waals surface area contributed by atoms with E-state index in [1.54, 1.807) is 0 Å². The van der Waals surface area contributed by atoms with Gasteiger partial charge in [-0.3, -0.25) is 15.3 Å². The van der Waals surface area contributed by atoms with Crippen molar-refractivity contribution < 1.29 is 4.74 Å². The first kappa shape index (κ1) is 16.6. The van der Waals surface area contributed by atoms with Gasteiger partial charge < -0.3 is 10.5 Å². The van der Waals surface area contributed by atoms with Crippen molar-refractivity contribution >= 4 is 5.96 Å². The van der Waals surface area contributed by atoms with Gasteiger partial charge in [0.1, 0.15) is 5.75 Å². The smallest absolute Gasteiger partial charge is 0.203 e. The molecule has 1 heterocycles. The molecule has 1 saturated heterocycles. The Hall–Kier alpha value is -1.79. The number of piperidine rings is 1. The second-order valence-electron chi connectivity index (χ2n) is 5.60. The molecule has 2 rings (SSSR count). The molecule has 0 aromatic heterocycles. The third-order valence-corrected chi connectivity index (χ3v) is 3.75. The maximum Gasteiger partial charge on any atom is 0.203 e. The summed E-state index contributed by atoms with van der Waals surface area (Å²) in [6.45, 7) is 4.65. The highest BCUT2D eigenvalue weighted by Crippen LogP contribution is 2.17. The second-order valence-corrected chi connectivity index (χ2v) is 5.60. The molecule has 1 fully saturated rings. The summed E-state index contributed by atoms with van der Waals surface area (Å²) in [7, 11) is 0. The summed E-state index contributed by atoms with van der Waals surface area (Å²) in [6, 6.07) is 8.36. The second kappa shape index (κ2) is 9.27. The highest BCUT2D eigenvalue weighted by atomic mass is 16.5. The van der Waals surface area contributed by atoms with Crippen molar-refractivity contribution in [3.8, 4) is 5.75 Å². The van der Waals surface area contributed by atoms with Crippen molar-refractivity contribution in [1.29, 1.82) is 0 Å². The third-order valence-electron chi connectivity index (χ3n) is 3.75. The molecule has 1 aromatic carbocycles. The number of hydrazine groups is 1. The number of aliphatic imine (C=N–C) groups is 1. The molecule has 6 heteroatoms. The average molecular weight is 305 g/mol. The summed E-state index contributed by atoms with van der Waals surface area (Å²) in [4.78, 5) is 6.55. The predicted octanol–water partition coefficient (Wildman–Crippen LogP) is 1.22. The standard InChI is InChI=1S/C16H27N5O/c17-16(20-18)19-8-5-11-22-15-7-4-6-14(12-15)13-21-9-2-1-3-10-21/h4,6-7,12H,1-3,5,8-11,13,18H2,(H3,17,19,20). The first-order valence-corrected chi connectivity index (χ1v) is 7.98. The van der Waals surface area contributed by atoms with Crippen LogP contribution in [0.2, 0.25) is 0 Å². The van der Waals surface area contributed by atoms with Gasteiger partial charge in [-0.25, -0.2) is 5.84 Å². The first-order chi connectivity index (χ1) is 10.8. The molecule has 122 valence electrons. The molecule has 0 saturated carbocycles. The summed E-state index contributed by atoms with van der Waals surface area (Å²) in [5.41, 5.74) is 9.06. The minimum Gasteiger partial charge on any atom is -0.494 e. The van der Waals surface area contributed by atoms with Crippen molar-refractivity contribution in [3.63, 3.8) is 0 Å². The van der Waals surface area contributed by atoms with E-state index in [-0.39, 0.29) is 5.96 Å². The van der Waals surface area contributed by atoms with Gasteiger partial charge in [-0.2, -0.15) is 0 Å². The van der Waals surface area contributed by atoms with Crippen LogP contribution in [-0.4, -0.2) is 37.1 Å². The number of likely N-dealkylation sites (tertiary alicyclic amines) is 1. The Balaban J connectivity index is 1.73. The number of ether oxygens (including phenoxy) is 1. The lowest BCUT2D eigenvalue weighted by Gasteiger charge is -2.26. The highest BCUT2D eigenvalue weighted by molar-refractivity contribution is 5.77. The maximum atomic E-state index is 5.77. The van der Waals surface area contributed by atoms with E-state index in [9.17, 15) is 0 Å². The number of benzene rings is 1. The zero-order valence-electron chi connectivity index (χ0n) is 13.1. The number of nitrogens with two attached hydrogens (primary N) is 2. The van der Waals surface area contributed by atoms with E-state index in [0.717, 1.165) is 18.7 Å². The molecule has 1 aromatic rings. The summed E-state index contributed by atoms with van der Waals surface area (Å²) >= 11 is 0. The zero-order valence-corrected chi connectivity index (χ0v) is 13.1. The number of rotatable bonds is 7. The van der Waals surface area contributed by atoms with Crippen LogP contribution in [0.4, 0.5) is 0 Å². The van der Waals surface area contributed by atoms with Gasteiger partial charge in [0.05, 0.1) is 6.61 Å². The number of nitrogens with one attached hydrogen (secondary N) is 1. The maximum absolute atomic E-state index is 5.77. The first-order valence-electron chi connectivity index (χ1n) is 7.98. The van der Waals surface area contributed by atoms with Gasteiger partial charge in [0, 0.05) is 19.5 Å². The van der Waals surface area contributed by atoms with Crippen LogP contribution in [0, 0.1) is 0 Å². The van der Waals surface area contributed by atoms with Crippen LogP contribution in [0.1, 0.15) is 31.2 Å². The molecule has 1 aliphatic rings. The fourth-order valence-electron chi connectivity index (χ4n) is 2.61. The Morgan fingerprint density at radius 1 is 1.27 bits per heavy atom. The van der Waals surface area contributed by atoms with Gasteiger partial charge in [-0.15, -0.1) is 0 Å². The van der Waals surface area contributed by atoms with Crippen LogP contribution in [0.25, 0.3) is 0 Å². The summed E-state index contributed by atoms with van der Waals surface area (Å²) in [5, 5.41) is 0. The molecule has 0 bridgehead atoms. The van der Waals surface area contributed by atoms with Crippen LogP contribution in [0.15, 0.2) is 29.3 Å². The van der Waals surface area contributed by atoms with Gasteiger partial charge >= 0.3 is 0 Å². The van der Waals surface area contributed by atoms with Gasteiger partial charge in [0.25, 0.3) is 0 Å². The quantitative estimate of drug-likeness (QED) is 0.232. The molecule has 0 amide bonds. The van der Waals surface area contributed by atoms with Crippen molar-refractivity contribution in [2.24, 2.45) is 16.6 Å². The number of hydrogen-bond acceptors (Lipinski definition) is 4. The Bertz CT molecular complexity index is 471. The molecular weight excluding hydrogens is 278 g/mol. The molecule has 5 N–H and O–H groups in total. The van der Waals surface area contributed by atoms with Crippen LogP contribution in [-0.2, 0) is 6.54 Å². The average Bonchev–Trinajstić information content (AvgIpc) is 2.55. The van der Waals surface area contributed by atoms with Crippen LogP contribution in [0.3, 0.4) is 0 Å². The molecule has 0 spiro atoms. The van der Waals surface area contributed by atoms with E-state index in [4.69, 9.17) is 16.3 Å². The minimum absolute atomic E-state index is 0.253. The molecule has 0 radical (unpaired) electrons. The van der Waals surface area contributed by atoms with Gasteiger partial charge in [0.15, 0.2) is 0 Å². The summed E-state index contributed by atoms with van der Waals surface area (Å²) in [6.07, 6.45) is 4.81. The lowest BCUT2D eigenvalue weighted by molar-refractivity contribution is 0.220. The molecule has 0 unspecified atom stereocenters. The van der Waals surface area contributed by atoms with Crippen LogP contribution < -0.4 is 21.7 Å². The minimum atomic E-state index is 0.253. The fraction of sp³-hybridized carbons (Fsp3) is 0.562. The Morgan fingerprint density at radius 3 is 2.86 bits per heavy atom. The number of nitrogens with zero attached hydrogens (tertiary/aromatic N) is 2. The topological polar surface area (TPSA) is 88.9 Å². The van der Waals surface area contributed by atoms with E-state index < -0.39 is 0 Å². The Morgan fingerprint density at radius 2 is 2.09 bits per heavy atom. The molecule has 1 aliphatic heterocycles. The van der Waals surface area contributed by atoms with Crippen molar-refractivity contribution in [2.45, 2.75) is 32.2 Å². The molecular formula is C16H27N5O. The highest BCUT2D eigenvalue weighted by Gasteiger charge is 2.10. The van der Waals surface area contributed by atoms with Gasteiger partial charge in [-0.05, 0) is 43.6 Å². The number of hydrogen-bond donors (Lipinski definition) is 3. The molecule has 0 atom stereocenters. The van der Waals surface area contributed by atoms with Crippen LogP contribution >= 0.6 is 0 Å². The molecule has 6 nitrogen and oxygen atoms in total. The van der Waals surface area contributed by atoms with Crippen molar-refractivity contribution in [1.82, 2.24) is 10.3 Å². The SMILES string of the molecule is NNC(N)=NCCCOc1cccc(CN2CCCCC2)c1. The largest absolute Gasteiger partial charge is 0.494 e. The van der Waals surface area contributed by atoms with Gasteiger partial charge in [-0.1, -0.05) is 18.6 Å². The van der Waals surface area contributed by atoms with Gasteiger partial charge in [0.2, 0.25) is 5.96 Å². The fourth-order valence-corrected chi connectivity index (χ4v) is 2.61. The van der Waals surface area contributed by atoms with Crippen LogP contribution in [0.5, 0.6) is 5.75 Å².